The Morgan fingerprint density at radius 1 is 1.34 bits per heavy atom. The summed E-state index contributed by atoms with van der Waals surface area (Å²) in [5, 5.41) is 0.122. The van der Waals surface area contributed by atoms with Crippen molar-refractivity contribution in [3.05, 3.63) is 40.7 Å². The van der Waals surface area contributed by atoms with Gasteiger partial charge in [-0.2, -0.15) is 13.8 Å². The summed E-state index contributed by atoms with van der Waals surface area (Å²) in [7, 11) is -3.24. The predicted molar refractivity (Wildman–Crippen MR) is 96.4 cm³/mol. The summed E-state index contributed by atoms with van der Waals surface area (Å²) in [6, 6.07) is 2.04. The van der Waals surface area contributed by atoms with Crippen LogP contribution in [0.5, 0.6) is 11.8 Å². The average molecular weight is 432 g/mol. The number of aromatic amines is 1. The van der Waals surface area contributed by atoms with Crippen molar-refractivity contribution in [3.63, 3.8) is 0 Å². The van der Waals surface area contributed by atoms with Gasteiger partial charge >= 0.3 is 6.61 Å². The molecule has 0 bridgehead atoms. The number of ether oxygens (including phenoxy) is 2. The standard InChI is InChI=1S/C16H15F3N4O5S/c1-3-23-5-4-8-11(7-20-12(8)15(23)24)29(25,26)22-10-6-9(17)13(28-16(18)19)21-14(10)27-2/h4-7,16,20,22H,3H2,1-2H3. The molecule has 0 aliphatic carbocycles. The summed E-state index contributed by atoms with van der Waals surface area (Å²) < 4.78 is 76.4. The normalized spacial score (nSPS) is 11.8. The molecule has 0 aliphatic heterocycles. The van der Waals surface area contributed by atoms with Crippen LogP contribution in [-0.2, 0) is 16.6 Å². The highest BCUT2D eigenvalue weighted by Crippen LogP contribution is 2.31. The van der Waals surface area contributed by atoms with E-state index in [-0.39, 0.29) is 15.8 Å². The van der Waals surface area contributed by atoms with E-state index in [4.69, 9.17) is 4.74 Å². The Hall–Kier alpha value is -3.22. The minimum absolute atomic E-state index is 0.0756. The lowest BCUT2D eigenvalue weighted by molar-refractivity contribution is -0.0555. The lowest BCUT2D eigenvalue weighted by atomic mass is 10.3. The van der Waals surface area contributed by atoms with E-state index >= 15 is 0 Å². The molecule has 3 aromatic rings. The summed E-state index contributed by atoms with van der Waals surface area (Å²) in [5.74, 6) is -2.86. The predicted octanol–water partition coefficient (Wildman–Crippen LogP) is 2.29. The molecule has 2 N–H and O–H groups in total. The van der Waals surface area contributed by atoms with E-state index in [1.807, 2.05) is 0 Å². The molecule has 9 nitrogen and oxygen atoms in total. The zero-order valence-corrected chi connectivity index (χ0v) is 15.9. The van der Waals surface area contributed by atoms with Gasteiger partial charge in [0.05, 0.1) is 7.11 Å². The molecular formula is C16H15F3N4O5S. The Labute approximate surface area is 162 Å². The number of fused-ring (bicyclic) bond motifs is 1. The fraction of sp³-hybridized carbons (Fsp3) is 0.250. The third-order valence-corrected chi connectivity index (χ3v) is 5.36. The number of aryl methyl sites for hydroxylation is 1. The van der Waals surface area contributed by atoms with Gasteiger partial charge in [-0.1, -0.05) is 0 Å². The monoisotopic (exact) mass is 432 g/mol. The number of sulfonamides is 1. The smallest absolute Gasteiger partial charge is 0.388 e. The molecule has 29 heavy (non-hydrogen) atoms. The molecule has 0 spiro atoms. The molecule has 0 aliphatic rings. The van der Waals surface area contributed by atoms with Crippen LogP contribution in [0.3, 0.4) is 0 Å². The number of alkyl halides is 2. The number of nitrogens with one attached hydrogen (secondary N) is 2. The number of anilines is 1. The molecule has 0 fully saturated rings. The van der Waals surface area contributed by atoms with Crippen LogP contribution < -0.4 is 19.8 Å². The molecule has 0 unspecified atom stereocenters. The van der Waals surface area contributed by atoms with Crippen LogP contribution in [0, 0.1) is 5.82 Å². The second-order valence-corrected chi connectivity index (χ2v) is 7.32. The maximum absolute atomic E-state index is 14.0. The quantitative estimate of drug-likeness (QED) is 0.592. The first-order valence-electron chi connectivity index (χ1n) is 8.10. The average Bonchev–Trinajstić information content (AvgIpc) is 3.09. The Bertz CT molecular complexity index is 1220. The van der Waals surface area contributed by atoms with Gasteiger partial charge in [0.2, 0.25) is 5.88 Å². The third-order valence-electron chi connectivity index (χ3n) is 3.96. The van der Waals surface area contributed by atoms with Gasteiger partial charge in [0.15, 0.2) is 5.82 Å². The Morgan fingerprint density at radius 2 is 2.07 bits per heavy atom. The van der Waals surface area contributed by atoms with Gasteiger partial charge in [0.25, 0.3) is 21.5 Å². The second kappa shape index (κ2) is 7.66. The summed E-state index contributed by atoms with van der Waals surface area (Å²) in [4.78, 5) is 18.0. The fourth-order valence-electron chi connectivity index (χ4n) is 2.66. The van der Waals surface area contributed by atoms with Crippen molar-refractivity contribution < 1.29 is 31.1 Å². The lowest BCUT2D eigenvalue weighted by Crippen LogP contribution is -2.19. The number of methoxy groups -OCH3 is 1. The third kappa shape index (κ3) is 3.85. The summed E-state index contributed by atoms with van der Waals surface area (Å²) in [5.41, 5.74) is -0.778. The first-order chi connectivity index (χ1) is 13.7. The van der Waals surface area contributed by atoms with Gasteiger partial charge in [0, 0.05) is 30.4 Å². The van der Waals surface area contributed by atoms with E-state index in [0.29, 0.717) is 12.6 Å². The molecule has 0 amide bonds. The van der Waals surface area contributed by atoms with Gasteiger partial charge in [0.1, 0.15) is 16.1 Å². The highest BCUT2D eigenvalue weighted by molar-refractivity contribution is 7.93. The topological polar surface area (TPSA) is 115 Å². The number of pyridine rings is 2. The number of aromatic nitrogens is 3. The second-order valence-electron chi connectivity index (χ2n) is 5.66. The highest BCUT2D eigenvalue weighted by Gasteiger charge is 2.24. The highest BCUT2D eigenvalue weighted by atomic mass is 32.2. The van der Waals surface area contributed by atoms with Crippen LogP contribution in [0.15, 0.2) is 34.2 Å². The molecule has 3 heterocycles. The molecule has 0 saturated carbocycles. The van der Waals surface area contributed by atoms with E-state index < -0.39 is 45.5 Å². The minimum Gasteiger partial charge on any atom is -0.479 e. The molecule has 13 heteroatoms. The SMILES string of the molecule is CCn1ccc2c(S(=O)(=O)Nc3cc(F)c(OC(F)F)nc3OC)c[nH]c2c1=O. The number of halogens is 3. The van der Waals surface area contributed by atoms with Crippen LogP contribution in [-0.4, -0.2) is 36.7 Å². The van der Waals surface area contributed by atoms with Crippen molar-refractivity contribution >= 4 is 26.6 Å². The van der Waals surface area contributed by atoms with Crippen LogP contribution in [0.25, 0.3) is 10.9 Å². The molecule has 3 rings (SSSR count). The van der Waals surface area contributed by atoms with Crippen LogP contribution in [0.1, 0.15) is 6.92 Å². The van der Waals surface area contributed by atoms with Gasteiger partial charge in [-0.3, -0.25) is 9.52 Å². The van der Waals surface area contributed by atoms with Crippen LogP contribution >= 0.6 is 0 Å². The Balaban J connectivity index is 2.04. The number of rotatable bonds is 7. The van der Waals surface area contributed by atoms with Crippen molar-refractivity contribution in [1.29, 1.82) is 0 Å². The van der Waals surface area contributed by atoms with Crippen molar-refractivity contribution in [2.75, 3.05) is 11.8 Å². The summed E-state index contributed by atoms with van der Waals surface area (Å²) in [6.45, 7) is -1.18. The number of H-pyrrole nitrogens is 1. The van der Waals surface area contributed by atoms with Gasteiger partial charge in [-0.25, -0.2) is 12.8 Å². The van der Waals surface area contributed by atoms with Crippen molar-refractivity contribution in [1.82, 2.24) is 14.5 Å². The van der Waals surface area contributed by atoms with Crippen molar-refractivity contribution in [2.24, 2.45) is 0 Å². The first kappa shape index (κ1) is 20.5. The number of hydrogen-bond acceptors (Lipinski definition) is 6. The molecule has 3 aromatic heterocycles. The summed E-state index contributed by atoms with van der Waals surface area (Å²) in [6.07, 6.45) is 2.55. The molecule has 156 valence electrons. The zero-order valence-electron chi connectivity index (χ0n) is 15.1. The number of hydrogen-bond donors (Lipinski definition) is 2. The van der Waals surface area contributed by atoms with Crippen molar-refractivity contribution in [3.8, 4) is 11.8 Å². The molecule has 0 atom stereocenters. The maximum atomic E-state index is 14.0. The van der Waals surface area contributed by atoms with Crippen LogP contribution in [0.4, 0.5) is 18.9 Å². The van der Waals surface area contributed by atoms with E-state index in [2.05, 4.69) is 19.4 Å². The Morgan fingerprint density at radius 3 is 2.69 bits per heavy atom. The summed E-state index contributed by atoms with van der Waals surface area (Å²) >= 11 is 0. The largest absolute Gasteiger partial charge is 0.479 e. The van der Waals surface area contributed by atoms with E-state index in [0.717, 1.165) is 13.3 Å². The number of nitrogens with zero attached hydrogens (tertiary/aromatic N) is 2. The van der Waals surface area contributed by atoms with E-state index in [1.54, 1.807) is 6.92 Å². The van der Waals surface area contributed by atoms with Gasteiger partial charge < -0.3 is 19.0 Å². The molecule has 0 aromatic carbocycles. The van der Waals surface area contributed by atoms with Gasteiger partial charge in [-0.15, -0.1) is 0 Å². The maximum Gasteiger partial charge on any atom is 0.388 e. The van der Waals surface area contributed by atoms with Gasteiger partial charge in [-0.05, 0) is 13.0 Å². The molecule has 0 radical (unpaired) electrons. The molecular weight excluding hydrogens is 417 g/mol. The zero-order chi connectivity index (χ0) is 21.3. The van der Waals surface area contributed by atoms with E-state index in [9.17, 15) is 26.4 Å². The fourth-order valence-corrected chi connectivity index (χ4v) is 3.88. The lowest BCUT2D eigenvalue weighted by Gasteiger charge is -2.13. The van der Waals surface area contributed by atoms with Crippen LogP contribution in [0.2, 0.25) is 0 Å². The van der Waals surface area contributed by atoms with E-state index in [1.165, 1.54) is 16.8 Å². The first-order valence-corrected chi connectivity index (χ1v) is 9.59. The molecule has 0 saturated heterocycles. The Kier molecular flexibility index (Phi) is 5.42. The van der Waals surface area contributed by atoms with Crippen molar-refractivity contribution in [2.45, 2.75) is 25.0 Å². The minimum atomic E-state index is -4.32.